The molecule has 1 nitrogen and oxygen atoms in total. The van der Waals surface area contributed by atoms with Crippen molar-refractivity contribution in [3.8, 4) is 0 Å². The molecule has 0 radical (unpaired) electrons. The van der Waals surface area contributed by atoms with E-state index < -0.39 is 0 Å². The van der Waals surface area contributed by atoms with E-state index in [4.69, 9.17) is 0 Å². The average molecular weight is 170 g/mol. The van der Waals surface area contributed by atoms with Gasteiger partial charge in [0.1, 0.15) is 0 Å². The molecule has 0 aromatic heterocycles. The summed E-state index contributed by atoms with van der Waals surface area (Å²) in [7, 11) is 4.74. The Balaban J connectivity index is -0.0000000800. The van der Waals surface area contributed by atoms with Crippen molar-refractivity contribution in [2.75, 3.05) is 19.8 Å². The smallest absolute Gasteiger partial charge is 0.348 e. The summed E-state index contributed by atoms with van der Waals surface area (Å²) in [6.07, 6.45) is 1.20. The zero-order valence-corrected chi connectivity index (χ0v) is 13.0. The maximum atomic E-state index is 2.67. The van der Waals surface area contributed by atoms with Gasteiger partial charge in [-0.25, -0.2) is 0 Å². The molecule has 0 fully saturated rings. The zero-order valence-electron chi connectivity index (χ0n) is 5.57. The number of rotatable bonds is 2. The first-order valence-corrected chi connectivity index (χ1v) is 2.71. The van der Waals surface area contributed by atoms with Crippen molar-refractivity contribution >= 4 is 9.24 Å². The first kappa shape index (κ1) is 17.0. The second-order valence-corrected chi connectivity index (χ2v) is 1.56. The minimum absolute atomic E-state index is 0. The fourth-order valence-electron chi connectivity index (χ4n) is 0.167. The topological polar surface area (TPSA) is 16.6 Å². The molecule has 0 heterocycles. The van der Waals surface area contributed by atoms with Gasteiger partial charge in [-0.3, -0.25) is 0 Å². The van der Waals surface area contributed by atoms with E-state index >= 15 is 0 Å². The second-order valence-electron chi connectivity index (χ2n) is 0.986. The molecule has 0 rings (SSSR count). The van der Waals surface area contributed by atoms with Crippen LogP contribution in [0.25, 0.3) is 0 Å². The summed E-state index contributed by atoms with van der Waals surface area (Å²) in [6.45, 7) is 1.23. The zero-order chi connectivity index (χ0) is 4.12. The third kappa shape index (κ3) is 17.7. The molecule has 0 spiro atoms. The van der Waals surface area contributed by atoms with Crippen molar-refractivity contribution in [3.63, 3.8) is 0 Å². The predicted octanol–water partition coefficient (Wildman–Crippen LogP) is -6.94. The maximum Gasteiger partial charge on any atom is 1.00 e. The Morgan fingerprint density at radius 3 is 1.86 bits per heavy atom. The molecule has 0 saturated heterocycles. The fraction of sp³-hybridized carbons (Fsp3) is 1.00. The van der Waals surface area contributed by atoms with Gasteiger partial charge in [0.05, 0.1) is 13.6 Å². The van der Waals surface area contributed by atoms with Gasteiger partial charge in [-0.2, -0.15) is 0 Å². The Morgan fingerprint density at radius 1 is 1.43 bits per heavy atom. The van der Waals surface area contributed by atoms with E-state index in [2.05, 4.69) is 21.6 Å². The van der Waals surface area contributed by atoms with Gasteiger partial charge in [0.25, 0.3) is 0 Å². The van der Waals surface area contributed by atoms with Gasteiger partial charge in [0, 0.05) is 6.16 Å². The van der Waals surface area contributed by atoms with Crippen LogP contribution in [0.2, 0.25) is 0 Å². The van der Waals surface area contributed by atoms with Crippen molar-refractivity contribution in [1.82, 2.24) is 0 Å². The van der Waals surface area contributed by atoms with Crippen LogP contribution in [0.4, 0.5) is 0 Å². The quantitative estimate of drug-likeness (QED) is 0.313. The van der Waals surface area contributed by atoms with Crippen LogP contribution in [0, 0.1) is 0 Å². The van der Waals surface area contributed by atoms with Gasteiger partial charge in [0.2, 0.25) is 0 Å². The number of hydrogen-bond acceptors (Lipinski definition) is 0. The van der Waals surface area contributed by atoms with Crippen LogP contribution in [0.15, 0.2) is 0 Å². The summed E-state index contributed by atoms with van der Waals surface area (Å²) in [4.78, 5) is 0. The summed E-state index contributed by atoms with van der Waals surface area (Å²) in [5.41, 5.74) is 0. The van der Waals surface area contributed by atoms with Crippen LogP contribution >= 0.6 is 9.24 Å². The third-order valence-corrected chi connectivity index (χ3v) is 0.789. The molecule has 0 bridgehead atoms. The molecular formula is C3H11K2NP+3. The van der Waals surface area contributed by atoms with Crippen LogP contribution in [0.1, 0.15) is 0 Å². The van der Waals surface area contributed by atoms with Gasteiger partial charge in [-0.1, -0.05) is 0 Å². The van der Waals surface area contributed by atoms with Crippen molar-refractivity contribution < 1.29 is 108 Å². The molecule has 0 aliphatic carbocycles. The van der Waals surface area contributed by atoms with Gasteiger partial charge in [0.15, 0.2) is 0 Å². The van der Waals surface area contributed by atoms with Gasteiger partial charge >= 0.3 is 103 Å². The minimum atomic E-state index is 0. The summed E-state index contributed by atoms with van der Waals surface area (Å²) < 4.78 is 0. The van der Waals surface area contributed by atoms with E-state index in [0.717, 1.165) is 0 Å². The summed E-state index contributed by atoms with van der Waals surface area (Å²) in [6, 6.07) is 0. The van der Waals surface area contributed by atoms with Crippen LogP contribution in [-0.4, -0.2) is 19.8 Å². The molecule has 1 atom stereocenters. The van der Waals surface area contributed by atoms with E-state index in [0.29, 0.717) is 0 Å². The summed E-state index contributed by atoms with van der Waals surface area (Å²) in [5, 5.41) is 2.16. The Kier molecular flexibility index (Phi) is 39.6. The van der Waals surface area contributed by atoms with Crippen LogP contribution in [-0.2, 0) is 0 Å². The predicted molar refractivity (Wildman–Crippen MR) is 27.3 cm³/mol. The van der Waals surface area contributed by atoms with Crippen molar-refractivity contribution in [3.05, 3.63) is 0 Å². The summed E-state index contributed by atoms with van der Waals surface area (Å²) >= 11 is 0. The third-order valence-electron chi connectivity index (χ3n) is 0.455. The molecule has 0 amide bonds. The molecule has 0 aliphatic heterocycles. The SMILES string of the molecule is C[NH2+]CCP.[K+].[K+]. The van der Waals surface area contributed by atoms with Crippen LogP contribution in [0.3, 0.4) is 0 Å². The molecule has 0 aromatic carbocycles. The monoisotopic (exact) mass is 170 g/mol. The Hall–Kier alpha value is 3.66. The molecule has 0 saturated carbocycles. The minimum Gasteiger partial charge on any atom is -0.348 e. The van der Waals surface area contributed by atoms with Crippen molar-refractivity contribution in [1.29, 1.82) is 0 Å². The summed E-state index contributed by atoms with van der Waals surface area (Å²) in [5.74, 6) is 0. The average Bonchev–Trinajstić information content (AvgIpc) is 1.41. The molecule has 32 valence electrons. The molecular weight excluding hydrogens is 159 g/mol. The molecule has 1 unspecified atom stereocenters. The molecule has 0 aromatic rings. The van der Waals surface area contributed by atoms with Crippen molar-refractivity contribution in [2.24, 2.45) is 0 Å². The molecule has 4 heteroatoms. The number of nitrogens with two attached hydrogens (primary N) is 1. The van der Waals surface area contributed by atoms with Gasteiger partial charge in [-0.05, 0) is 0 Å². The van der Waals surface area contributed by atoms with E-state index in [9.17, 15) is 0 Å². The van der Waals surface area contributed by atoms with E-state index in [-0.39, 0.29) is 103 Å². The first-order chi connectivity index (χ1) is 2.41. The van der Waals surface area contributed by atoms with Crippen LogP contribution in [0.5, 0.6) is 0 Å². The molecule has 0 aliphatic rings. The first-order valence-electron chi connectivity index (χ1n) is 1.89. The Bertz CT molecular complexity index is 20.4. The fourth-order valence-corrected chi connectivity index (χ4v) is 0.500. The van der Waals surface area contributed by atoms with Gasteiger partial charge < -0.3 is 5.32 Å². The number of hydrogen-bond donors (Lipinski definition) is 1. The number of quaternary nitrogens is 1. The molecule has 2 N–H and O–H groups in total. The Morgan fingerprint density at radius 2 is 1.86 bits per heavy atom. The largest absolute Gasteiger partial charge is 1.00 e. The van der Waals surface area contributed by atoms with E-state index in [1.54, 1.807) is 0 Å². The molecule has 7 heavy (non-hydrogen) atoms. The maximum absolute atomic E-state index is 2.67. The second kappa shape index (κ2) is 16.3. The van der Waals surface area contributed by atoms with Crippen LogP contribution < -0.4 is 108 Å². The Labute approximate surface area is 133 Å². The van der Waals surface area contributed by atoms with E-state index in [1.807, 2.05) is 0 Å². The normalized spacial score (nSPS) is 6.00. The standard InChI is InChI=1S/C3H10NP.2K/c1-4-2-3-5;;/h4H,2-3,5H2,1H3;;/q;2*+1/p+1. The van der Waals surface area contributed by atoms with E-state index in [1.165, 1.54) is 12.7 Å². The van der Waals surface area contributed by atoms with Crippen molar-refractivity contribution in [2.45, 2.75) is 0 Å². The van der Waals surface area contributed by atoms with Gasteiger partial charge in [-0.15, -0.1) is 9.24 Å².